The van der Waals surface area contributed by atoms with Gasteiger partial charge in [-0.3, -0.25) is 9.59 Å². The molecule has 0 aliphatic heterocycles. The van der Waals surface area contributed by atoms with Crippen molar-refractivity contribution in [1.29, 1.82) is 0 Å². The molecular formula is C24H27NO4S. The molecule has 0 spiro atoms. The molecule has 158 valence electrons. The van der Waals surface area contributed by atoms with Crippen molar-refractivity contribution >= 4 is 29.4 Å². The third kappa shape index (κ3) is 5.95. The Balaban J connectivity index is 1.79. The average Bonchev–Trinajstić information content (AvgIpc) is 3.54. The number of thioether (sulfide) groups is 1. The smallest absolute Gasteiger partial charge is 0.339 e. The molecule has 1 aliphatic rings. The summed E-state index contributed by atoms with van der Waals surface area (Å²) in [6.45, 7) is 5.09. The summed E-state index contributed by atoms with van der Waals surface area (Å²) < 4.78 is 5.28. The van der Waals surface area contributed by atoms with E-state index in [0.717, 1.165) is 18.4 Å². The minimum Gasteiger partial charge on any atom is -0.454 e. The van der Waals surface area contributed by atoms with Crippen molar-refractivity contribution in [3.63, 3.8) is 0 Å². The largest absolute Gasteiger partial charge is 0.454 e. The number of Topliss-reactive ketones (excluding diaryl/α,β-unsaturated/α-hetero) is 1. The monoisotopic (exact) mass is 425 g/mol. The summed E-state index contributed by atoms with van der Waals surface area (Å²) >= 11 is 1.32. The lowest BCUT2D eigenvalue weighted by Gasteiger charge is -2.19. The first-order valence-electron chi connectivity index (χ1n) is 10.1. The van der Waals surface area contributed by atoms with Gasteiger partial charge in [0, 0.05) is 16.4 Å². The van der Waals surface area contributed by atoms with Gasteiger partial charge in [-0.15, -0.1) is 11.8 Å². The maximum atomic E-state index is 12.9. The second kappa shape index (κ2) is 9.47. The van der Waals surface area contributed by atoms with Crippen molar-refractivity contribution in [3.05, 3.63) is 65.7 Å². The lowest BCUT2D eigenvalue weighted by atomic mass is 9.91. The number of hydrogen-bond donors (Lipinski definition) is 1. The van der Waals surface area contributed by atoms with E-state index in [2.05, 4.69) is 5.32 Å². The lowest BCUT2D eigenvalue weighted by Crippen LogP contribution is -2.30. The number of carbonyl (C=O) groups excluding carboxylic acids is 3. The van der Waals surface area contributed by atoms with Crippen LogP contribution in [0.2, 0.25) is 0 Å². The van der Waals surface area contributed by atoms with Crippen molar-refractivity contribution in [3.8, 4) is 0 Å². The summed E-state index contributed by atoms with van der Waals surface area (Å²) in [7, 11) is 0. The van der Waals surface area contributed by atoms with E-state index in [1.807, 2.05) is 36.4 Å². The highest BCUT2D eigenvalue weighted by molar-refractivity contribution is 8.00. The zero-order valence-corrected chi connectivity index (χ0v) is 18.3. The van der Waals surface area contributed by atoms with E-state index in [4.69, 9.17) is 4.74 Å². The van der Waals surface area contributed by atoms with E-state index in [1.54, 1.807) is 39.0 Å². The van der Waals surface area contributed by atoms with Gasteiger partial charge in [0.1, 0.15) is 5.25 Å². The quantitative estimate of drug-likeness (QED) is 0.495. The van der Waals surface area contributed by atoms with Crippen LogP contribution < -0.4 is 5.32 Å². The van der Waals surface area contributed by atoms with Crippen LogP contribution in [0.4, 0.5) is 0 Å². The van der Waals surface area contributed by atoms with Crippen molar-refractivity contribution in [2.45, 2.75) is 49.8 Å². The minimum absolute atomic E-state index is 0.0696. The van der Waals surface area contributed by atoms with Gasteiger partial charge in [-0.1, -0.05) is 63.2 Å². The molecule has 1 atom stereocenters. The Labute approximate surface area is 181 Å². The molecule has 3 rings (SSSR count). The van der Waals surface area contributed by atoms with Crippen molar-refractivity contribution in [2.24, 2.45) is 5.41 Å². The Hall–Kier alpha value is -2.60. The fourth-order valence-electron chi connectivity index (χ4n) is 2.70. The van der Waals surface area contributed by atoms with Crippen LogP contribution in [0.1, 0.15) is 54.8 Å². The molecule has 6 heteroatoms. The van der Waals surface area contributed by atoms with E-state index >= 15 is 0 Å². The second-order valence-electron chi connectivity index (χ2n) is 8.44. The first kappa shape index (κ1) is 22.1. The van der Waals surface area contributed by atoms with E-state index in [-0.39, 0.29) is 24.3 Å². The van der Waals surface area contributed by atoms with Gasteiger partial charge < -0.3 is 10.1 Å². The number of hydrogen-bond acceptors (Lipinski definition) is 5. The number of ketones is 1. The van der Waals surface area contributed by atoms with Crippen LogP contribution in [0.15, 0.2) is 59.5 Å². The summed E-state index contributed by atoms with van der Waals surface area (Å²) in [5.41, 5.74) is 0.643. The van der Waals surface area contributed by atoms with E-state index in [9.17, 15) is 14.4 Å². The molecule has 1 fully saturated rings. The molecule has 0 bridgehead atoms. The molecule has 0 saturated heterocycles. The van der Waals surface area contributed by atoms with Gasteiger partial charge in [0.15, 0.2) is 12.4 Å². The fourth-order valence-corrected chi connectivity index (χ4v) is 3.85. The normalized spacial score (nSPS) is 14.6. The van der Waals surface area contributed by atoms with E-state index < -0.39 is 16.6 Å². The number of nitrogens with one attached hydrogen (secondary N) is 1. The maximum Gasteiger partial charge on any atom is 0.339 e. The van der Waals surface area contributed by atoms with Crippen molar-refractivity contribution in [1.82, 2.24) is 5.32 Å². The topological polar surface area (TPSA) is 72.5 Å². The Morgan fingerprint density at radius 2 is 1.67 bits per heavy atom. The first-order chi connectivity index (χ1) is 14.3. The molecule has 2 aromatic rings. The van der Waals surface area contributed by atoms with Gasteiger partial charge in [0.2, 0.25) is 5.91 Å². The van der Waals surface area contributed by atoms with E-state index in [1.165, 1.54) is 11.8 Å². The summed E-state index contributed by atoms with van der Waals surface area (Å²) in [4.78, 5) is 38.4. The SMILES string of the molecule is CC(C)(C)C(=O)COC(=O)c1ccccc1S[C@@H](C(=O)NC1CC1)c1ccccc1. The predicted octanol–water partition coefficient (Wildman–Crippen LogP) is 4.57. The first-order valence-corrected chi connectivity index (χ1v) is 10.9. The van der Waals surface area contributed by atoms with Gasteiger partial charge >= 0.3 is 5.97 Å². The summed E-state index contributed by atoms with van der Waals surface area (Å²) in [6.07, 6.45) is 2.01. The molecule has 5 nitrogen and oxygen atoms in total. The Morgan fingerprint density at radius 3 is 2.30 bits per heavy atom. The summed E-state index contributed by atoms with van der Waals surface area (Å²) in [5, 5.41) is 2.57. The number of benzene rings is 2. The molecule has 1 amide bonds. The number of ether oxygens (including phenoxy) is 1. The van der Waals surface area contributed by atoms with Crippen LogP contribution in [0, 0.1) is 5.41 Å². The molecule has 1 saturated carbocycles. The number of amides is 1. The molecule has 0 radical (unpaired) electrons. The van der Waals surface area contributed by atoms with E-state index in [0.29, 0.717) is 10.5 Å². The highest BCUT2D eigenvalue weighted by Gasteiger charge is 2.30. The van der Waals surface area contributed by atoms with Gasteiger partial charge in [0.25, 0.3) is 0 Å². The highest BCUT2D eigenvalue weighted by Crippen LogP contribution is 2.38. The minimum atomic E-state index is -0.576. The third-order valence-corrected chi connectivity index (χ3v) is 6.12. The predicted molar refractivity (Wildman–Crippen MR) is 117 cm³/mol. The fraction of sp³-hybridized carbons (Fsp3) is 0.375. The van der Waals surface area contributed by atoms with Gasteiger partial charge in [0.05, 0.1) is 5.56 Å². The van der Waals surface area contributed by atoms with Crippen LogP contribution in [-0.2, 0) is 14.3 Å². The highest BCUT2D eigenvalue weighted by atomic mass is 32.2. The van der Waals surface area contributed by atoms with Crippen LogP contribution >= 0.6 is 11.8 Å². The lowest BCUT2D eigenvalue weighted by molar-refractivity contribution is -0.129. The second-order valence-corrected chi connectivity index (χ2v) is 9.58. The Bertz CT molecular complexity index is 916. The van der Waals surface area contributed by atoms with Gasteiger partial charge in [-0.2, -0.15) is 0 Å². The molecule has 0 heterocycles. The van der Waals surface area contributed by atoms with Crippen molar-refractivity contribution in [2.75, 3.05) is 6.61 Å². The van der Waals surface area contributed by atoms with Gasteiger partial charge in [-0.05, 0) is 30.5 Å². The zero-order valence-electron chi connectivity index (χ0n) is 17.5. The molecule has 30 heavy (non-hydrogen) atoms. The number of rotatable bonds is 8. The van der Waals surface area contributed by atoms with Crippen LogP contribution in [-0.4, -0.2) is 30.3 Å². The molecule has 1 N–H and O–H groups in total. The molecule has 0 unspecified atom stereocenters. The summed E-state index contributed by atoms with van der Waals surface area (Å²) in [6, 6.07) is 16.8. The maximum absolute atomic E-state index is 12.9. The standard InChI is InChI=1S/C24H27NO4S/c1-24(2,3)20(26)15-29-23(28)18-11-7-8-12-19(18)30-21(16-9-5-4-6-10-16)22(27)25-17-13-14-17/h4-12,17,21H,13-15H2,1-3H3,(H,25,27)/t21-/m1/s1. The molecular weight excluding hydrogens is 398 g/mol. The molecule has 2 aromatic carbocycles. The summed E-state index contributed by atoms with van der Waals surface area (Å²) in [5.74, 6) is -0.781. The van der Waals surface area contributed by atoms with Gasteiger partial charge in [-0.25, -0.2) is 4.79 Å². The Morgan fingerprint density at radius 1 is 1.03 bits per heavy atom. The zero-order chi connectivity index (χ0) is 21.7. The number of carbonyl (C=O) groups is 3. The number of esters is 1. The van der Waals surface area contributed by atoms with Crippen LogP contribution in [0.25, 0.3) is 0 Å². The molecule has 0 aromatic heterocycles. The van der Waals surface area contributed by atoms with Crippen LogP contribution in [0.3, 0.4) is 0 Å². The average molecular weight is 426 g/mol. The Kier molecular flexibility index (Phi) is 6.98. The third-order valence-electron chi connectivity index (χ3n) is 4.79. The van der Waals surface area contributed by atoms with Crippen LogP contribution in [0.5, 0.6) is 0 Å². The van der Waals surface area contributed by atoms with Crippen molar-refractivity contribution < 1.29 is 19.1 Å². The molecule has 1 aliphatic carbocycles.